The van der Waals surface area contributed by atoms with Gasteiger partial charge in [-0.15, -0.1) is 11.3 Å². The Morgan fingerprint density at radius 1 is 1.07 bits per heavy atom. The summed E-state index contributed by atoms with van der Waals surface area (Å²) in [5, 5.41) is 17.5. The Morgan fingerprint density at radius 2 is 1.79 bits per heavy atom. The fourth-order valence-corrected chi connectivity index (χ4v) is 4.01. The molecule has 9 heteroatoms. The second-order valence-electron chi connectivity index (χ2n) is 6.72. The van der Waals surface area contributed by atoms with Crippen LogP contribution < -0.4 is 10.6 Å². The van der Waals surface area contributed by atoms with Crippen molar-refractivity contribution < 1.29 is 9.59 Å². The van der Waals surface area contributed by atoms with E-state index in [-0.39, 0.29) is 11.8 Å². The topological polar surface area (TPSA) is 88.5 Å². The molecule has 2 heterocycles. The van der Waals surface area contributed by atoms with Gasteiger partial charge in [0.15, 0.2) is 0 Å². The van der Waals surface area contributed by atoms with Crippen molar-refractivity contribution in [2.75, 3.05) is 49.9 Å². The molecular weight excluding hydrogens is 410 g/mol. The summed E-state index contributed by atoms with van der Waals surface area (Å²) in [6.45, 7) is 4.10. The summed E-state index contributed by atoms with van der Waals surface area (Å²) >= 11 is 7.42. The predicted octanol–water partition coefficient (Wildman–Crippen LogP) is 2.86. The van der Waals surface area contributed by atoms with Crippen LogP contribution >= 0.6 is 22.9 Å². The Morgan fingerprint density at radius 3 is 2.52 bits per heavy atom. The van der Waals surface area contributed by atoms with Gasteiger partial charge in [-0.25, -0.2) is 0 Å². The first kappa shape index (κ1) is 21.3. The van der Waals surface area contributed by atoms with E-state index >= 15 is 0 Å². The monoisotopic (exact) mass is 431 g/mol. The highest BCUT2D eigenvalue weighted by molar-refractivity contribution is 7.14. The molecule has 1 aliphatic heterocycles. The number of carbonyl (C=O) groups is 2. The van der Waals surface area contributed by atoms with E-state index in [0.717, 1.165) is 26.2 Å². The smallest absolute Gasteiger partial charge is 0.238 e. The van der Waals surface area contributed by atoms with Gasteiger partial charge in [-0.3, -0.25) is 14.5 Å². The van der Waals surface area contributed by atoms with E-state index in [2.05, 4.69) is 26.5 Å². The number of halogens is 1. The number of nitrogens with zero attached hydrogens (tertiary/aromatic N) is 3. The zero-order valence-corrected chi connectivity index (χ0v) is 17.4. The van der Waals surface area contributed by atoms with E-state index in [1.165, 1.54) is 11.3 Å². The first-order valence-corrected chi connectivity index (χ1v) is 10.6. The lowest BCUT2D eigenvalue weighted by molar-refractivity contribution is -0.117. The quantitative estimate of drug-likeness (QED) is 0.703. The molecular formula is C20H22ClN5O2S. The number of amides is 2. The van der Waals surface area contributed by atoms with Crippen LogP contribution in [-0.4, -0.2) is 60.9 Å². The second kappa shape index (κ2) is 10.4. The van der Waals surface area contributed by atoms with Gasteiger partial charge >= 0.3 is 0 Å². The highest BCUT2D eigenvalue weighted by atomic mass is 35.5. The Labute approximate surface area is 178 Å². The first-order chi connectivity index (χ1) is 14.0. The van der Waals surface area contributed by atoms with Crippen molar-refractivity contribution >= 4 is 45.4 Å². The number of rotatable bonds is 7. The van der Waals surface area contributed by atoms with Crippen LogP contribution in [0.15, 0.2) is 35.7 Å². The van der Waals surface area contributed by atoms with Gasteiger partial charge in [0.25, 0.3) is 0 Å². The summed E-state index contributed by atoms with van der Waals surface area (Å²) < 4.78 is 0. The molecule has 1 aromatic heterocycles. The van der Waals surface area contributed by atoms with Crippen LogP contribution in [0.25, 0.3) is 0 Å². The largest absolute Gasteiger partial charge is 0.324 e. The van der Waals surface area contributed by atoms with E-state index in [1.54, 1.807) is 23.6 Å². The molecule has 2 N–H and O–H groups in total. The lowest BCUT2D eigenvalue weighted by atomic mass is 10.2. The number of anilines is 2. The van der Waals surface area contributed by atoms with Gasteiger partial charge in [0.1, 0.15) is 11.1 Å². The minimum absolute atomic E-state index is 0.0878. The van der Waals surface area contributed by atoms with Gasteiger partial charge in [-0.05, 0) is 23.6 Å². The van der Waals surface area contributed by atoms with Crippen molar-refractivity contribution in [3.8, 4) is 6.07 Å². The molecule has 0 radical (unpaired) electrons. The maximum atomic E-state index is 12.2. The molecule has 1 aromatic carbocycles. The highest BCUT2D eigenvalue weighted by Crippen LogP contribution is 2.22. The van der Waals surface area contributed by atoms with Crippen LogP contribution in [0.3, 0.4) is 0 Å². The van der Waals surface area contributed by atoms with Gasteiger partial charge in [-0.2, -0.15) is 5.26 Å². The summed E-state index contributed by atoms with van der Waals surface area (Å²) in [4.78, 5) is 28.7. The number of hydrogen-bond donors (Lipinski definition) is 2. The van der Waals surface area contributed by atoms with Crippen molar-refractivity contribution in [1.82, 2.24) is 9.80 Å². The summed E-state index contributed by atoms with van der Waals surface area (Å²) in [7, 11) is 0. The van der Waals surface area contributed by atoms with Crippen molar-refractivity contribution in [2.24, 2.45) is 0 Å². The maximum absolute atomic E-state index is 12.2. The molecule has 1 saturated heterocycles. The Kier molecular flexibility index (Phi) is 7.61. The maximum Gasteiger partial charge on any atom is 0.238 e. The molecule has 7 nitrogen and oxygen atoms in total. The van der Waals surface area contributed by atoms with E-state index in [1.807, 2.05) is 12.1 Å². The third-order valence-electron chi connectivity index (χ3n) is 4.67. The number of thiophene rings is 1. The molecule has 0 saturated carbocycles. The number of nitriles is 1. The Hall–Kier alpha value is -2.44. The molecule has 29 heavy (non-hydrogen) atoms. The highest BCUT2D eigenvalue weighted by Gasteiger charge is 2.20. The van der Waals surface area contributed by atoms with Gasteiger partial charge < -0.3 is 15.5 Å². The average Bonchev–Trinajstić information content (AvgIpc) is 3.16. The number of nitrogens with one attached hydrogen (secondary N) is 2. The van der Waals surface area contributed by atoms with Crippen LogP contribution in [0.4, 0.5) is 10.7 Å². The molecule has 1 aliphatic rings. The van der Waals surface area contributed by atoms with Crippen LogP contribution in [0, 0.1) is 11.3 Å². The average molecular weight is 432 g/mol. The molecule has 2 aromatic rings. The van der Waals surface area contributed by atoms with Crippen LogP contribution in [0.2, 0.25) is 5.02 Å². The predicted molar refractivity (Wildman–Crippen MR) is 115 cm³/mol. The Bertz CT molecular complexity index is 902. The molecule has 0 unspecified atom stereocenters. The number of para-hydroxylation sites is 1. The minimum Gasteiger partial charge on any atom is -0.324 e. The van der Waals surface area contributed by atoms with Crippen LogP contribution in [0.5, 0.6) is 0 Å². The van der Waals surface area contributed by atoms with Crippen molar-refractivity contribution in [2.45, 2.75) is 6.42 Å². The standard InChI is InChI=1S/C20H22ClN5O2S/c21-16-3-1-2-4-17(16)23-19(28)14-26-10-8-25(9-11-26)7-5-18(27)24-20-15(13-22)6-12-29-20/h1-4,6,12H,5,7-11,14H2,(H,23,28)(H,24,27). The van der Waals surface area contributed by atoms with Crippen molar-refractivity contribution in [1.29, 1.82) is 5.26 Å². The van der Waals surface area contributed by atoms with Gasteiger partial charge in [-0.1, -0.05) is 23.7 Å². The van der Waals surface area contributed by atoms with Gasteiger partial charge in [0, 0.05) is 39.1 Å². The summed E-state index contributed by atoms with van der Waals surface area (Å²) in [6, 6.07) is 10.9. The SMILES string of the molecule is N#Cc1ccsc1NC(=O)CCN1CCN(CC(=O)Nc2ccccc2Cl)CC1. The molecule has 0 atom stereocenters. The van der Waals surface area contributed by atoms with Crippen molar-refractivity contribution in [3.05, 3.63) is 46.3 Å². The van der Waals surface area contributed by atoms with Gasteiger partial charge in [0.2, 0.25) is 11.8 Å². The fraction of sp³-hybridized carbons (Fsp3) is 0.350. The van der Waals surface area contributed by atoms with E-state index < -0.39 is 0 Å². The molecule has 0 bridgehead atoms. The van der Waals surface area contributed by atoms with Gasteiger partial charge in [0.05, 0.1) is 22.8 Å². The normalized spacial score (nSPS) is 14.9. The Balaban J connectivity index is 1.36. The molecule has 0 spiro atoms. The number of piperazine rings is 1. The zero-order chi connectivity index (χ0) is 20.6. The van der Waals surface area contributed by atoms with E-state index in [0.29, 0.717) is 40.8 Å². The number of benzene rings is 1. The molecule has 1 fully saturated rings. The third kappa shape index (κ3) is 6.27. The van der Waals surface area contributed by atoms with Crippen LogP contribution in [-0.2, 0) is 9.59 Å². The lowest BCUT2D eigenvalue weighted by Crippen LogP contribution is -2.49. The molecule has 0 aliphatic carbocycles. The summed E-state index contributed by atoms with van der Waals surface area (Å²) in [6.07, 6.45) is 0.371. The molecule has 3 rings (SSSR count). The van der Waals surface area contributed by atoms with Crippen LogP contribution in [0.1, 0.15) is 12.0 Å². The third-order valence-corrected chi connectivity index (χ3v) is 5.83. The first-order valence-electron chi connectivity index (χ1n) is 9.31. The van der Waals surface area contributed by atoms with E-state index in [9.17, 15) is 9.59 Å². The lowest BCUT2D eigenvalue weighted by Gasteiger charge is -2.34. The molecule has 2 amide bonds. The summed E-state index contributed by atoms with van der Waals surface area (Å²) in [5.41, 5.74) is 1.11. The minimum atomic E-state index is -0.0921. The summed E-state index contributed by atoms with van der Waals surface area (Å²) in [5.74, 6) is -0.180. The number of hydrogen-bond acceptors (Lipinski definition) is 6. The van der Waals surface area contributed by atoms with E-state index in [4.69, 9.17) is 16.9 Å². The zero-order valence-electron chi connectivity index (χ0n) is 15.9. The number of carbonyl (C=O) groups excluding carboxylic acids is 2. The van der Waals surface area contributed by atoms with Crippen molar-refractivity contribution in [3.63, 3.8) is 0 Å². The fourth-order valence-electron chi connectivity index (χ4n) is 3.07. The molecule has 152 valence electrons. The second-order valence-corrected chi connectivity index (χ2v) is 8.04.